The average Bonchev–Trinajstić information content (AvgIpc) is 3.13. The SMILES string of the molecule is Cc1nc(-c2cccs2)ccc1C(=O)N[C@H](C)c1ccc2c(c1)OCCCO2. The molecule has 0 aliphatic carbocycles. The Morgan fingerprint density at radius 2 is 1.96 bits per heavy atom. The van der Waals surface area contributed by atoms with E-state index in [1.54, 1.807) is 11.3 Å². The Hall–Kier alpha value is -2.86. The summed E-state index contributed by atoms with van der Waals surface area (Å²) < 4.78 is 11.4. The van der Waals surface area contributed by atoms with Crippen LogP contribution in [0.2, 0.25) is 0 Å². The second kappa shape index (κ2) is 8.02. The van der Waals surface area contributed by atoms with Gasteiger partial charge in [0.1, 0.15) is 0 Å². The number of carbonyl (C=O) groups excluding carboxylic acids is 1. The van der Waals surface area contributed by atoms with Crippen molar-refractivity contribution in [2.75, 3.05) is 13.2 Å². The fourth-order valence-electron chi connectivity index (χ4n) is 3.17. The molecule has 28 heavy (non-hydrogen) atoms. The predicted octanol–water partition coefficient (Wildman–Crippen LogP) is 4.77. The highest BCUT2D eigenvalue weighted by molar-refractivity contribution is 7.13. The van der Waals surface area contributed by atoms with Gasteiger partial charge in [0.25, 0.3) is 5.91 Å². The van der Waals surface area contributed by atoms with Crippen molar-refractivity contribution in [3.63, 3.8) is 0 Å². The van der Waals surface area contributed by atoms with Crippen LogP contribution < -0.4 is 14.8 Å². The molecule has 1 atom stereocenters. The molecule has 0 bridgehead atoms. The number of aromatic nitrogens is 1. The van der Waals surface area contributed by atoms with Crippen LogP contribution >= 0.6 is 11.3 Å². The number of aryl methyl sites for hydroxylation is 1. The van der Waals surface area contributed by atoms with Crippen molar-refractivity contribution in [2.24, 2.45) is 0 Å². The Morgan fingerprint density at radius 1 is 1.14 bits per heavy atom. The smallest absolute Gasteiger partial charge is 0.253 e. The highest BCUT2D eigenvalue weighted by Gasteiger charge is 2.17. The maximum absolute atomic E-state index is 12.8. The van der Waals surface area contributed by atoms with Gasteiger partial charge in [0.05, 0.1) is 41.1 Å². The summed E-state index contributed by atoms with van der Waals surface area (Å²) in [7, 11) is 0. The number of hydrogen-bond acceptors (Lipinski definition) is 5. The van der Waals surface area contributed by atoms with E-state index in [0.717, 1.165) is 34.1 Å². The van der Waals surface area contributed by atoms with Gasteiger partial charge in [-0.05, 0) is 55.1 Å². The lowest BCUT2D eigenvalue weighted by Gasteiger charge is -2.17. The van der Waals surface area contributed by atoms with Crippen LogP contribution in [0, 0.1) is 6.92 Å². The number of carbonyl (C=O) groups is 1. The quantitative estimate of drug-likeness (QED) is 0.692. The first-order valence-electron chi connectivity index (χ1n) is 9.34. The minimum Gasteiger partial charge on any atom is -0.490 e. The molecule has 1 amide bonds. The third kappa shape index (κ3) is 3.87. The van der Waals surface area contributed by atoms with Crippen molar-refractivity contribution in [3.05, 3.63) is 64.7 Å². The first-order valence-corrected chi connectivity index (χ1v) is 10.2. The molecule has 144 valence electrons. The Kier molecular flexibility index (Phi) is 5.30. The maximum atomic E-state index is 12.8. The summed E-state index contributed by atoms with van der Waals surface area (Å²) in [4.78, 5) is 18.5. The lowest BCUT2D eigenvalue weighted by atomic mass is 10.1. The molecular formula is C22H22N2O3S. The van der Waals surface area contributed by atoms with E-state index in [1.807, 2.05) is 61.7 Å². The zero-order valence-electron chi connectivity index (χ0n) is 15.9. The number of ether oxygens (including phenoxy) is 2. The summed E-state index contributed by atoms with van der Waals surface area (Å²) in [6, 6.07) is 13.4. The van der Waals surface area contributed by atoms with Gasteiger partial charge in [0.2, 0.25) is 0 Å². The van der Waals surface area contributed by atoms with Gasteiger partial charge in [-0.1, -0.05) is 12.1 Å². The molecule has 0 saturated heterocycles. The number of benzene rings is 1. The molecule has 0 unspecified atom stereocenters. The molecule has 0 radical (unpaired) electrons. The number of pyridine rings is 1. The molecule has 5 nitrogen and oxygen atoms in total. The van der Waals surface area contributed by atoms with E-state index in [1.165, 1.54) is 0 Å². The molecule has 3 heterocycles. The Morgan fingerprint density at radius 3 is 2.71 bits per heavy atom. The van der Waals surface area contributed by atoms with Crippen molar-refractivity contribution in [2.45, 2.75) is 26.3 Å². The zero-order chi connectivity index (χ0) is 19.5. The molecule has 0 saturated carbocycles. The van der Waals surface area contributed by atoms with Crippen LogP contribution in [-0.2, 0) is 0 Å². The van der Waals surface area contributed by atoms with E-state index in [-0.39, 0.29) is 11.9 Å². The molecule has 4 rings (SSSR count). The summed E-state index contributed by atoms with van der Waals surface area (Å²) >= 11 is 1.63. The van der Waals surface area contributed by atoms with E-state index < -0.39 is 0 Å². The second-order valence-electron chi connectivity index (χ2n) is 6.76. The molecule has 0 spiro atoms. The molecule has 1 aliphatic heterocycles. The van der Waals surface area contributed by atoms with Crippen LogP contribution in [0.4, 0.5) is 0 Å². The molecule has 2 aromatic heterocycles. The van der Waals surface area contributed by atoms with E-state index in [0.29, 0.717) is 24.5 Å². The van der Waals surface area contributed by atoms with Crippen LogP contribution in [0.25, 0.3) is 10.6 Å². The minimum absolute atomic E-state index is 0.137. The Bertz CT molecular complexity index is 985. The van der Waals surface area contributed by atoms with Gasteiger partial charge in [-0.2, -0.15) is 0 Å². The number of rotatable bonds is 4. The second-order valence-corrected chi connectivity index (χ2v) is 7.71. The van der Waals surface area contributed by atoms with Crippen LogP contribution in [0.3, 0.4) is 0 Å². The van der Waals surface area contributed by atoms with Gasteiger partial charge < -0.3 is 14.8 Å². The third-order valence-corrected chi connectivity index (χ3v) is 5.62. The minimum atomic E-state index is -0.166. The van der Waals surface area contributed by atoms with Crippen molar-refractivity contribution in [1.82, 2.24) is 10.3 Å². The standard InChI is InChI=1S/C22H22N2O3S/c1-14(16-6-9-19-20(13-16)27-11-4-10-26-19)24-22(25)17-7-8-18(23-15(17)2)21-5-3-12-28-21/h3,5-9,12-14H,4,10-11H2,1-2H3,(H,24,25)/t14-/m1/s1. The molecular weight excluding hydrogens is 372 g/mol. The number of fused-ring (bicyclic) bond motifs is 1. The zero-order valence-corrected chi connectivity index (χ0v) is 16.7. The van der Waals surface area contributed by atoms with Crippen molar-refractivity contribution in [1.29, 1.82) is 0 Å². The van der Waals surface area contributed by atoms with Gasteiger partial charge in [-0.25, -0.2) is 0 Å². The Labute approximate surface area is 168 Å². The van der Waals surface area contributed by atoms with Crippen molar-refractivity contribution < 1.29 is 14.3 Å². The lowest BCUT2D eigenvalue weighted by molar-refractivity contribution is 0.0939. The van der Waals surface area contributed by atoms with Gasteiger partial charge in [0.15, 0.2) is 11.5 Å². The first-order chi connectivity index (χ1) is 13.6. The van der Waals surface area contributed by atoms with Crippen LogP contribution in [-0.4, -0.2) is 24.1 Å². The van der Waals surface area contributed by atoms with Crippen molar-refractivity contribution in [3.8, 4) is 22.1 Å². The summed E-state index contributed by atoms with van der Waals surface area (Å²) in [5.74, 6) is 1.35. The maximum Gasteiger partial charge on any atom is 0.253 e. The molecule has 1 N–H and O–H groups in total. The average molecular weight is 394 g/mol. The normalized spacial score (nSPS) is 14.2. The summed E-state index contributed by atoms with van der Waals surface area (Å²) in [6.07, 6.45) is 0.865. The fourth-order valence-corrected chi connectivity index (χ4v) is 3.86. The number of hydrogen-bond donors (Lipinski definition) is 1. The number of nitrogens with one attached hydrogen (secondary N) is 1. The molecule has 0 fully saturated rings. The fraction of sp³-hybridized carbons (Fsp3) is 0.273. The van der Waals surface area contributed by atoms with Gasteiger partial charge in [0, 0.05) is 6.42 Å². The summed E-state index contributed by atoms with van der Waals surface area (Å²) in [5, 5.41) is 5.08. The predicted molar refractivity (Wildman–Crippen MR) is 110 cm³/mol. The van der Waals surface area contributed by atoms with E-state index in [9.17, 15) is 4.79 Å². The highest BCUT2D eigenvalue weighted by Crippen LogP contribution is 2.32. The largest absolute Gasteiger partial charge is 0.490 e. The molecule has 1 aliphatic rings. The monoisotopic (exact) mass is 394 g/mol. The molecule has 6 heteroatoms. The summed E-state index contributed by atoms with van der Waals surface area (Å²) in [6.45, 7) is 5.12. The van der Waals surface area contributed by atoms with Gasteiger partial charge in [-0.15, -0.1) is 11.3 Å². The van der Waals surface area contributed by atoms with Crippen LogP contribution in [0.15, 0.2) is 47.8 Å². The first kappa shape index (κ1) is 18.5. The topological polar surface area (TPSA) is 60.5 Å². The number of nitrogens with zero attached hydrogens (tertiary/aromatic N) is 1. The van der Waals surface area contributed by atoms with Crippen LogP contribution in [0.5, 0.6) is 11.5 Å². The van der Waals surface area contributed by atoms with E-state index in [2.05, 4.69) is 10.3 Å². The summed E-state index contributed by atoms with van der Waals surface area (Å²) in [5.41, 5.74) is 3.16. The number of amides is 1. The van der Waals surface area contributed by atoms with Gasteiger partial charge >= 0.3 is 0 Å². The van der Waals surface area contributed by atoms with Crippen molar-refractivity contribution >= 4 is 17.2 Å². The van der Waals surface area contributed by atoms with E-state index >= 15 is 0 Å². The van der Waals surface area contributed by atoms with Gasteiger partial charge in [-0.3, -0.25) is 9.78 Å². The Balaban J connectivity index is 1.49. The highest BCUT2D eigenvalue weighted by atomic mass is 32.1. The van der Waals surface area contributed by atoms with Crippen LogP contribution in [0.1, 0.15) is 41.0 Å². The molecule has 1 aromatic carbocycles. The lowest BCUT2D eigenvalue weighted by Crippen LogP contribution is -2.27. The van der Waals surface area contributed by atoms with E-state index in [4.69, 9.17) is 9.47 Å². The molecule has 3 aromatic rings. The number of thiophene rings is 1. The third-order valence-electron chi connectivity index (χ3n) is 4.72.